The Morgan fingerprint density at radius 3 is 2.78 bits per heavy atom. The number of carbonyl (C=O) groups is 1. The zero-order valence-electron chi connectivity index (χ0n) is 13.2. The van der Waals surface area contributed by atoms with E-state index in [4.69, 9.17) is 4.74 Å². The lowest BCUT2D eigenvalue weighted by Crippen LogP contribution is -2.14. The van der Waals surface area contributed by atoms with Gasteiger partial charge < -0.3 is 9.64 Å². The summed E-state index contributed by atoms with van der Waals surface area (Å²) < 4.78 is 6.97. The van der Waals surface area contributed by atoms with Gasteiger partial charge in [0.05, 0.1) is 17.6 Å². The minimum absolute atomic E-state index is 0.131. The highest BCUT2D eigenvalue weighted by Gasteiger charge is 2.08. The molecule has 0 radical (unpaired) electrons. The van der Waals surface area contributed by atoms with Crippen molar-refractivity contribution in [2.75, 3.05) is 26.4 Å². The molecule has 0 saturated carbocycles. The third-order valence-electron chi connectivity index (χ3n) is 2.84. The van der Waals surface area contributed by atoms with Crippen LogP contribution in [-0.2, 0) is 17.2 Å². The number of benzene rings is 1. The van der Waals surface area contributed by atoms with Crippen LogP contribution in [0.5, 0.6) is 0 Å². The Bertz CT molecular complexity index is 605. The molecule has 1 aromatic heterocycles. The van der Waals surface area contributed by atoms with Gasteiger partial charge in [-0.15, -0.1) is 5.10 Å². The first-order valence-corrected chi connectivity index (χ1v) is 9.64. The molecule has 2 aromatic rings. The van der Waals surface area contributed by atoms with Crippen molar-refractivity contribution < 1.29 is 9.53 Å². The van der Waals surface area contributed by atoms with Crippen molar-refractivity contribution in [3.63, 3.8) is 0 Å². The standard InChI is InChI=1S/C15H20N4O2S2/c1-18(2)8-9-22-23-12-19-10-14(16-17-19)11-21-15(20)13-6-4-3-5-7-13/h3-7,10H,8-9,11-12H2,1-2H3. The predicted octanol–water partition coefficient (Wildman–Crippen LogP) is 2.54. The average Bonchev–Trinajstić information content (AvgIpc) is 3.00. The minimum atomic E-state index is -0.353. The number of ether oxygens (including phenoxy) is 1. The molecule has 6 nitrogen and oxygen atoms in total. The van der Waals surface area contributed by atoms with Gasteiger partial charge in [0.25, 0.3) is 0 Å². The van der Waals surface area contributed by atoms with E-state index in [1.54, 1.807) is 56.7 Å². The average molecular weight is 352 g/mol. The molecule has 0 saturated heterocycles. The molecule has 0 aliphatic carbocycles. The van der Waals surface area contributed by atoms with Gasteiger partial charge in [-0.1, -0.05) is 45.0 Å². The molecule has 1 aromatic carbocycles. The number of hydrogen-bond acceptors (Lipinski definition) is 7. The number of esters is 1. The lowest BCUT2D eigenvalue weighted by Gasteiger charge is -2.07. The fourth-order valence-corrected chi connectivity index (χ4v) is 3.63. The summed E-state index contributed by atoms with van der Waals surface area (Å²) in [5.41, 5.74) is 1.18. The number of aromatic nitrogens is 3. The van der Waals surface area contributed by atoms with E-state index in [-0.39, 0.29) is 12.6 Å². The molecule has 1 heterocycles. The van der Waals surface area contributed by atoms with Crippen molar-refractivity contribution in [3.05, 3.63) is 47.8 Å². The molecule has 0 aliphatic heterocycles. The second kappa shape index (κ2) is 9.59. The number of nitrogens with zero attached hydrogens (tertiary/aromatic N) is 4. The SMILES string of the molecule is CN(C)CCSSCn1cc(COC(=O)c2ccccc2)nn1. The molecule has 0 bridgehead atoms. The summed E-state index contributed by atoms with van der Waals surface area (Å²) in [6, 6.07) is 8.91. The second-order valence-corrected chi connectivity index (χ2v) is 7.62. The van der Waals surface area contributed by atoms with Crippen molar-refractivity contribution >= 4 is 27.6 Å². The number of carbonyl (C=O) groups excluding carboxylic acids is 1. The van der Waals surface area contributed by atoms with Crippen LogP contribution < -0.4 is 0 Å². The lowest BCUT2D eigenvalue weighted by atomic mass is 10.2. The van der Waals surface area contributed by atoms with Gasteiger partial charge in [0, 0.05) is 12.3 Å². The first kappa shape index (κ1) is 17.8. The van der Waals surface area contributed by atoms with Crippen LogP contribution in [0.25, 0.3) is 0 Å². The van der Waals surface area contributed by atoms with Crippen molar-refractivity contribution in [1.29, 1.82) is 0 Å². The maximum Gasteiger partial charge on any atom is 0.338 e. The molecule has 0 fully saturated rings. The second-order valence-electron chi connectivity index (χ2n) is 5.06. The molecule has 0 amide bonds. The number of rotatable bonds is 9. The van der Waals surface area contributed by atoms with Crippen LogP contribution in [0.15, 0.2) is 36.5 Å². The molecule has 0 atom stereocenters. The van der Waals surface area contributed by atoms with E-state index in [9.17, 15) is 4.79 Å². The normalized spacial score (nSPS) is 10.9. The molecule has 0 aliphatic rings. The van der Waals surface area contributed by atoms with Crippen LogP contribution in [0, 0.1) is 0 Å². The fourth-order valence-electron chi connectivity index (χ4n) is 1.63. The van der Waals surface area contributed by atoms with E-state index in [2.05, 4.69) is 29.3 Å². The topological polar surface area (TPSA) is 60.2 Å². The summed E-state index contributed by atoms with van der Waals surface area (Å²) in [6.07, 6.45) is 1.80. The van der Waals surface area contributed by atoms with Crippen LogP contribution in [0.2, 0.25) is 0 Å². The van der Waals surface area contributed by atoms with Gasteiger partial charge in [0.2, 0.25) is 0 Å². The molecule has 0 unspecified atom stereocenters. The van der Waals surface area contributed by atoms with Gasteiger partial charge in [-0.05, 0) is 26.2 Å². The highest BCUT2D eigenvalue weighted by Crippen LogP contribution is 2.22. The molecule has 2 rings (SSSR count). The van der Waals surface area contributed by atoms with E-state index < -0.39 is 0 Å². The van der Waals surface area contributed by atoms with E-state index in [1.165, 1.54) is 0 Å². The van der Waals surface area contributed by atoms with Gasteiger partial charge in [-0.25, -0.2) is 9.48 Å². The Morgan fingerprint density at radius 1 is 1.26 bits per heavy atom. The zero-order chi connectivity index (χ0) is 16.5. The van der Waals surface area contributed by atoms with Crippen LogP contribution in [0.4, 0.5) is 0 Å². The first-order valence-electron chi connectivity index (χ1n) is 7.15. The summed E-state index contributed by atoms with van der Waals surface area (Å²) in [5.74, 6) is 1.43. The molecular formula is C15H20N4O2S2. The first-order chi connectivity index (χ1) is 11.1. The predicted molar refractivity (Wildman–Crippen MR) is 94.2 cm³/mol. The van der Waals surface area contributed by atoms with Crippen LogP contribution >= 0.6 is 21.6 Å². The smallest absolute Gasteiger partial charge is 0.338 e. The maximum absolute atomic E-state index is 11.8. The highest BCUT2D eigenvalue weighted by molar-refractivity contribution is 8.76. The van der Waals surface area contributed by atoms with Gasteiger partial charge >= 0.3 is 5.97 Å². The Morgan fingerprint density at radius 2 is 2.04 bits per heavy atom. The van der Waals surface area contributed by atoms with Gasteiger partial charge in [0.1, 0.15) is 12.3 Å². The third kappa shape index (κ3) is 6.64. The summed E-state index contributed by atoms with van der Waals surface area (Å²) >= 11 is 0. The van der Waals surface area contributed by atoms with Crippen molar-refractivity contribution in [2.45, 2.75) is 12.5 Å². The van der Waals surface area contributed by atoms with Crippen LogP contribution in [0.3, 0.4) is 0 Å². The molecule has 124 valence electrons. The van der Waals surface area contributed by atoms with E-state index in [0.29, 0.717) is 11.3 Å². The van der Waals surface area contributed by atoms with Crippen LogP contribution in [0.1, 0.15) is 16.1 Å². The summed E-state index contributed by atoms with van der Waals surface area (Å²) in [5, 5.41) is 8.04. The molecule has 0 spiro atoms. The molecular weight excluding hydrogens is 332 g/mol. The lowest BCUT2D eigenvalue weighted by molar-refractivity contribution is 0.0467. The summed E-state index contributed by atoms with van der Waals surface area (Å²) in [7, 11) is 7.65. The van der Waals surface area contributed by atoms with E-state index in [1.807, 2.05) is 6.07 Å². The molecule has 0 N–H and O–H groups in total. The summed E-state index contributed by atoms with van der Waals surface area (Å²) in [4.78, 5) is 14.0. The number of hydrogen-bond donors (Lipinski definition) is 0. The van der Waals surface area contributed by atoms with E-state index in [0.717, 1.165) is 18.2 Å². The molecule has 8 heteroatoms. The van der Waals surface area contributed by atoms with Gasteiger partial charge in [-0.2, -0.15) is 0 Å². The third-order valence-corrected chi connectivity index (χ3v) is 5.04. The Hall–Kier alpha value is -1.51. The van der Waals surface area contributed by atoms with Crippen LogP contribution in [-0.4, -0.2) is 52.3 Å². The van der Waals surface area contributed by atoms with Gasteiger partial charge in [0.15, 0.2) is 0 Å². The monoisotopic (exact) mass is 352 g/mol. The summed E-state index contributed by atoms with van der Waals surface area (Å²) in [6.45, 7) is 1.18. The Labute approximate surface area is 144 Å². The van der Waals surface area contributed by atoms with E-state index >= 15 is 0 Å². The van der Waals surface area contributed by atoms with Crippen molar-refractivity contribution in [2.24, 2.45) is 0 Å². The largest absolute Gasteiger partial charge is 0.455 e. The van der Waals surface area contributed by atoms with Gasteiger partial charge in [-0.3, -0.25) is 0 Å². The molecule has 23 heavy (non-hydrogen) atoms. The zero-order valence-corrected chi connectivity index (χ0v) is 14.8. The Balaban J connectivity index is 1.69. The Kier molecular flexibility index (Phi) is 7.44. The van der Waals surface area contributed by atoms with Crippen molar-refractivity contribution in [3.8, 4) is 0 Å². The highest BCUT2D eigenvalue weighted by atomic mass is 33.1. The maximum atomic E-state index is 11.8. The minimum Gasteiger partial charge on any atom is -0.455 e. The fraction of sp³-hybridized carbons (Fsp3) is 0.400. The quantitative estimate of drug-likeness (QED) is 0.390. The van der Waals surface area contributed by atoms with Crippen molar-refractivity contribution in [1.82, 2.24) is 19.9 Å².